The van der Waals surface area contributed by atoms with Crippen LogP contribution < -0.4 is 0 Å². The van der Waals surface area contributed by atoms with Crippen LogP contribution in [0.3, 0.4) is 0 Å². The van der Waals surface area contributed by atoms with Crippen LogP contribution in [0, 0.1) is 0 Å². The molecule has 4 nitrogen and oxygen atoms in total. The fourth-order valence-corrected chi connectivity index (χ4v) is 5.86. The highest BCUT2D eigenvalue weighted by atomic mass is 28.4. The predicted molar refractivity (Wildman–Crippen MR) is 84.4 cm³/mol. The number of carbonyl (C=O) groups excluding carboxylic acids is 1. The summed E-state index contributed by atoms with van der Waals surface area (Å²) in [5.41, 5.74) is 0. The highest BCUT2D eigenvalue weighted by Gasteiger charge is 2.26. The molecule has 0 spiro atoms. The van der Waals surface area contributed by atoms with Crippen molar-refractivity contribution in [1.29, 1.82) is 0 Å². The maximum absolute atomic E-state index is 10.9. The number of ether oxygens (including phenoxy) is 1. The molecule has 0 bridgehead atoms. The van der Waals surface area contributed by atoms with Crippen molar-refractivity contribution < 1.29 is 18.4 Å². The Morgan fingerprint density at radius 3 is 2.00 bits per heavy atom. The summed E-state index contributed by atoms with van der Waals surface area (Å²) in [6.07, 6.45) is 1.18. The van der Waals surface area contributed by atoms with Gasteiger partial charge in [0.05, 0.1) is 6.61 Å². The van der Waals surface area contributed by atoms with Gasteiger partial charge in [-0.15, -0.1) is 0 Å². The van der Waals surface area contributed by atoms with Gasteiger partial charge in [-0.05, 0) is 45.3 Å². The molecule has 110 valence electrons. The zero-order valence-electron chi connectivity index (χ0n) is 12.9. The van der Waals surface area contributed by atoms with Gasteiger partial charge >= 0.3 is 5.97 Å². The molecule has 0 fully saturated rings. The molecule has 0 saturated carbocycles. The van der Waals surface area contributed by atoms with Crippen molar-refractivity contribution in [3.05, 3.63) is 12.7 Å². The van der Waals surface area contributed by atoms with E-state index in [1.807, 2.05) is 0 Å². The summed E-state index contributed by atoms with van der Waals surface area (Å²) < 4.78 is 17.1. The van der Waals surface area contributed by atoms with E-state index in [0.29, 0.717) is 16.1 Å². The molecule has 0 aliphatic rings. The Labute approximate surface area is 121 Å². The highest BCUT2D eigenvalue weighted by molar-refractivity contribution is 6.71. The molecule has 0 amide bonds. The maximum Gasteiger partial charge on any atom is 0.330 e. The molecule has 19 heavy (non-hydrogen) atoms. The molecule has 0 aromatic rings. The van der Waals surface area contributed by atoms with Crippen molar-refractivity contribution in [1.82, 2.24) is 0 Å². The summed E-state index contributed by atoms with van der Waals surface area (Å²) in [6.45, 7) is 16.6. The van der Waals surface area contributed by atoms with Gasteiger partial charge in [0.15, 0.2) is 16.6 Å². The Balaban J connectivity index is 4.20. The van der Waals surface area contributed by atoms with Crippen LogP contribution in [0.15, 0.2) is 12.7 Å². The van der Waals surface area contributed by atoms with E-state index < -0.39 is 16.6 Å². The summed E-state index contributed by atoms with van der Waals surface area (Å²) in [7, 11) is -2.77. The average Bonchev–Trinajstić information content (AvgIpc) is 2.19. The van der Waals surface area contributed by atoms with E-state index in [-0.39, 0.29) is 11.9 Å². The third kappa shape index (κ3) is 12.6. The van der Waals surface area contributed by atoms with Crippen molar-refractivity contribution in [3.63, 3.8) is 0 Å². The number of esters is 1. The summed E-state index contributed by atoms with van der Waals surface area (Å²) in [5, 5.41) is 0. The number of hydrogen-bond donors (Lipinski definition) is 0. The van der Waals surface area contributed by atoms with E-state index >= 15 is 0 Å². The van der Waals surface area contributed by atoms with Gasteiger partial charge in [0.25, 0.3) is 0 Å². The van der Waals surface area contributed by atoms with Crippen molar-refractivity contribution in [3.8, 4) is 0 Å². The highest BCUT2D eigenvalue weighted by Crippen LogP contribution is 2.14. The quantitative estimate of drug-likeness (QED) is 0.216. The minimum Gasteiger partial charge on any atom is -0.463 e. The minimum absolute atomic E-state index is 0.152. The van der Waals surface area contributed by atoms with Gasteiger partial charge in [0.1, 0.15) is 15.4 Å². The predicted octanol–water partition coefficient (Wildman–Crippen LogP) is 2.82. The first kappa shape index (κ1) is 18.8. The fraction of sp³-hybridized carbons (Fsp3) is 0.750. The normalized spacial score (nSPS) is 12.6. The topological polar surface area (TPSA) is 44.8 Å². The second kappa shape index (κ2) is 8.15. The average molecular weight is 319 g/mol. The van der Waals surface area contributed by atoms with Gasteiger partial charge < -0.3 is 13.6 Å². The summed E-state index contributed by atoms with van der Waals surface area (Å²) in [4.78, 5) is 10.9. The monoisotopic (exact) mass is 318 g/mol. The van der Waals surface area contributed by atoms with Crippen molar-refractivity contribution in [2.45, 2.75) is 51.2 Å². The molecule has 0 N–H and O–H groups in total. The first-order valence-electron chi connectivity index (χ1n) is 6.42. The fourth-order valence-electron chi connectivity index (χ4n) is 1.14. The Kier molecular flexibility index (Phi) is 8.06. The van der Waals surface area contributed by atoms with Crippen LogP contribution in [-0.4, -0.2) is 44.6 Å². The minimum atomic E-state index is -1.63. The van der Waals surface area contributed by atoms with Crippen LogP contribution in [0.5, 0.6) is 0 Å². The second-order valence-corrected chi connectivity index (χ2v) is 16.4. The number of hydrogen-bond acceptors (Lipinski definition) is 4. The first-order chi connectivity index (χ1) is 8.53. The van der Waals surface area contributed by atoms with Gasteiger partial charge in [-0.2, -0.15) is 0 Å². The summed E-state index contributed by atoms with van der Waals surface area (Å²) in [6, 6.07) is 0.763. The van der Waals surface area contributed by atoms with Gasteiger partial charge in [-0.25, -0.2) is 4.79 Å². The van der Waals surface area contributed by atoms with Gasteiger partial charge in [0, 0.05) is 6.08 Å². The molecule has 0 heterocycles. The van der Waals surface area contributed by atoms with Crippen LogP contribution in [-0.2, 0) is 18.4 Å². The first-order valence-corrected chi connectivity index (χ1v) is 14.5. The second-order valence-electron chi connectivity index (χ2n) is 6.12. The molecule has 0 saturated heterocycles. The standard InChI is InChI=1S/C12H26O4Si3/c1-8-11(13)14-9-10-17-12(15-18(2,3)4)16-19(5,6)7/h8,12H,1,9-10H2,2-7H3. The van der Waals surface area contributed by atoms with Crippen molar-refractivity contribution in [2.24, 2.45) is 0 Å². The van der Waals surface area contributed by atoms with Gasteiger partial charge in [0.2, 0.25) is 0 Å². The van der Waals surface area contributed by atoms with Crippen LogP contribution >= 0.6 is 0 Å². The van der Waals surface area contributed by atoms with Crippen LogP contribution in [0.1, 0.15) is 0 Å². The van der Waals surface area contributed by atoms with Gasteiger partial charge in [-0.3, -0.25) is 0 Å². The molecule has 0 aromatic carbocycles. The Hall–Kier alpha value is -0.219. The lowest BCUT2D eigenvalue weighted by Gasteiger charge is -2.31. The summed E-state index contributed by atoms with van der Waals surface area (Å²) >= 11 is 0. The van der Waals surface area contributed by atoms with E-state index in [9.17, 15) is 4.79 Å². The molecule has 0 aliphatic heterocycles. The van der Waals surface area contributed by atoms with E-state index in [2.05, 4.69) is 45.9 Å². The lowest BCUT2D eigenvalue weighted by Crippen LogP contribution is -2.43. The van der Waals surface area contributed by atoms with E-state index in [1.165, 1.54) is 6.08 Å². The Morgan fingerprint density at radius 1 is 1.16 bits per heavy atom. The zero-order valence-corrected chi connectivity index (χ0v) is 15.9. The smallest absolute Gasteiger partial charge is 0.330 e. The van der Waals surface area contributed by atoms with Crippen LogP contribution in [0.2, 0.25) is 45.3 Å². The van der Waals surface area contributed by atoms with Gasteiger partial charge in [-0.1, -0.05) is 6.58 Å². The number of rotatable bonds is 9. The molecule has 7 heteroatoms. The van der Waals surface area contributed by atoms with Crippen LogP contribution in [0.25, 0.3) is 0 Å². The molecular weight excluding hydrogens is 292 g/mol. The molecule has 2 radical (unpaired) electrons. The lowest BCUT2D eigenvalue weighted by molar-refractivity contribution is -0.137. The van der Waals surface area contributed by atoms with E-state index in [4.69, 9.17) is 13.6 Å². The molecule has 0 aromatic heterocycles. The molecule has 0 aliphatic carbocycles. The molecular formula is C12H26O4Si3. The third-order valence-electron chi connectivity index (χ3n) is 1.75. The SMILES string of the molecule is C=CC(=O)OCC[Si]C(O[Si](C)(C)C)O[Si](C)(C)C. The van der Waals surface area contributed by atoms with E-state index in [1.54, 1.807) is 0 Å². The molecule has 0 rings (SSSR count). The lowest BCUT2D eigenvalue weighted by atomic mass is 10.6. The third-order valence-corrected chi connectivity index (χ3v) is 5.12. The molecule has 0 atom stereocenters. The summed E-state index contributed by atoms with van der Waals surface area (Å²) in [5.74, 6) is -0.528. The molecule has 0 unspecified atom stereocenters. The van der Waals surface area contributed by atoms with E-state index in [0.717, 1.165) is 6.04 Å². The van der Waals surface area contributed by atoms with Crippen LogP contribution in [0.4, 0.5) is 0 Å². The maximum atomic E-state index is 10.9. The zero-order chi connectivity index (χ0) is 15.1. The number of carbonyl (C=O) groups is 1. The van der Waals surface area contributed by atoms with Crippen molar-refractivity contribution in [2.75, 3.05) is 6.61 Å². The largest absolute Gasteiger partial charge is 0.463 e. The Bertz CT molecular complexity index is 278. The Morgan fingerprint density at radius 2 is 1.63 bits per heavy atom. The van der Waals surface area contributed by atoms with Crippen molar-refractivity contribution >= 4 is 32.1 Å².